The lowest BCUT2D eigenvalue weighted by Gasteiger charge is -2.33. The highest BCUT2D eigenvalue weighted by Crippen LogP contribution is 2.18. The van der Waals surface area contributed by atoms with Crippen molar-refractivity contribution in [2.45, 2.75) is 31.7 Å². The maximum absolute atomic E-state index is 11.8. The first-order chi connectivity index (χ1) is 7.33. The Kier molecular flexibility index (Phi) is 4.28. The van der Waals surface area contributed by atoms with Crippen molar-refractivity contribution < 1.29 is 13.2 Å². The minimum absolute atomic E-state index is 0.0644. The Morgan fingerprint density at radius 1 is 1.50 bits per heavy atom. The first kappa shape index (κ1) is 13.4. The summed E-state index contributed by atoms with van der Waals surface area (Å²) in [5, 5.41) is 10.6. The van der Waals surface area contributed by atoms with E-state index in [2.05, 4.69) is 10.6 Å². The Morgan fingerprint density at radius 3 is 2.69 bits per heavy atom. The molecular weight excluding hydrogens is 230 g/mol. The van der Waals surface area contributed by atoms with Crippen LogP contribution in [0.2, 0.25) is 0 Å². The first-order valence-electron chi connectivity index (χ1n) is 5.37. The predicted molar refractivity (Wildman–Crippen MR) is 61.2 cm³/mol. The van der Waals surface area contributed by atoms with E-state index in [4.69, 9.17) is 5.14 Å². The lowest BCUT2D eigenvalue weighted by atomic mass is 9.90. The molecule has 1 aliphatic heterocycles. The number of carbonyl (C=O) groups is 1. The van der Waals surface area contributed by atoms with Gasteiger partial charge < -0.3 is 10.6 Å². The topological polar surface area (TPSA) is 101 Å². The van der Waals surface area contributed by atoms with Crippen LogP contribution in [0.3, 0.4) is 0 Å². The highest BCUT2D eigenvalue weighted by Gasteiger charge is 2.33. The van der Waals surface area contributed by atoms with Crippen LogP contribution < -0.4 is 15.8 Å². The van der Waals surface area contributed by atoms with Gasteiger partial charge in [0.2, 0.25) is 15.9 Å². The van der Waals surface area contributed by atoms with Crippen LogP contribution in [0.25, 0.3) is 0 Å². The summed E-state index contributed by atoms with van der Waals surface area (Å²) in [5.74, 6) is -0.384. The molecule has 0 aromatic heterocycles. The number of carbonyl (C=O) groups excluding carboxylic acids is 1. The number of nitrogens with two attached hydrogens (primary N) is 1. The second-order valence-electron chi connectivity index (χ2n) is 4.34. The Bertz CT molecular complexity index is 347. The quantitative estimate of drug-likeness (QED) is 0.590. The summed E-state index contributed by atoms with van der Waals surface area (Å²) < 4.78 is 21.4. The summed E-state index contributed by atoms with van der Waals surface area (Å²) in [4.78, 5) is 11.8. The van der Waals surface area contributed by atoms with E-state index in [1.54, 1.807) is 0 Å². The number of rotatable bonds is 4. The van der Waals surface area contributed by atoms with Gasteiger partial charge in [0, 0.05) is 6.54 Å². The molecule has 1 unspecified atom stereocenters. The summed E-state index contributed by atoms with van der Waals surface area (Å²) in [6.07, 6.45) is 2.85. The number of nitrogens with one attached hydrogen (secondary N) is 2. The van der Waals surface area contributed by atoms with Gasteiger partial charge in [-0.3, -0.25) is 4.79 Å². The first-order valence-corrected chi connectivity index (χ1v) is 7.09. The predicted octanol–water partition coefficient (Wildman–Crippen LogP) is -1.08. The third-order valence-corrected chi connectivity index (χ3v) is 3.57. The van der Waals surface area contributed by atoms with Crippen molar-refractivity contribution in [2.24, 2.45) is 5.14 Å². The van der Waals surface area contributed by atoms with Crippen LogP contribution >= 0.6 is 0 Å². The number of sulfonamides is 1. The van der Waals surface area contributed by atoms with Gasteiger partial charge in [-0.05, 0) is 32.7 Å². The molecule has 0 aromatic carbocycles. The molecule has 0 radical (unpaired) electrons. The SMILES string of the molecule is CC1(C(=O)NCCS(N)(=O)=O)CCCCN1. The van der Waals surface area contributed by atoms with Crippen molar-refractivity contribution in [3.8, 4) is 0 Å². The molecule has 1 fully saturated rings. The smallest absolute Gasteiger partial charge is 0.240 e. The molecule has 0 spiro atoms. The van der Waals surface area contributed by atoms with Gasteiger partial charge in [0.15, 0.2) is 0 Å². The summed E-state index contributed by atoms with van der Waals surface area (Å²) in [5.41, 5.74) is -0.573. The van der Waals surface area contributed by atoms with Gasteiger partial charge in [0.1, 0.15) is 0 Å². The zero-order chi connectivity index (χ0) is 12.2. The number of amides is 1. The van der Waals surface area contributed by atoms with E-state index in [0.717, 1.165) is 25.8 Å². The molecule has 1 saturated heterocycles. The highest BCUT2D eigenvalue weighted by atomic mass is 32.2. The Hall–Kier alpha value is -0.660. The molecule has 1 aliphatic rings. The minimum Gasteiger partial charge on any atom is -0.353 e. The minimum atomic E-state index is -3.51. The molecule has 0 aliphatic carbocycles. The zero-order valence-electron chi connectivity index (χ0n) is 9.45. The molecule has 16 heavy (non-hydrogen) atoms. The zero-order valence-corrected chi connectivity index (χ0v) is 10.3. The largest absolute Gasteiger partial charge is 0.353 e. The van der Waals surface area contributed by atoms with E-state index in [0.29, 0.717) is 0 Å². The number of primary sulfonamides is 1. The summed E-state index contributed by atoms with van der Waals surface area (Å²) in [7, 11) is -3.51. The van der Waals surface area contributed by atoms with Crippen LogP contribution in [0.4, 0.5) is 0 Å². The number of hydrogen-bond acceptors (Lipinski definition) is 4. The van der Waals surface area contributed by atoms with Crippen LogP contribution in [-0.4, -0.2) is 38.7 Å². The van der Waals surface area contributed by atoms with Crippen molar-refractivity contribution >= 4 is 15.9 Å². The fraction of sp³-hybridized carbons (Fsp3) is 0.889. The van der Waals surface area contributed by atoms with E-state index in [9.17, 15) is 13.2 Å². The molecule has 6 nitrogen and oxygen atoms in total. The van der Waals surface area contributed by atoms with E-state index in [-0.39, 0.29) is 18.2 Å². The summed E-state index contributed by atoms with van der Waals surface area (Å²) in [6.45, 7) is 2.71. The molecular formula is C9H19N3O3S. The molecule has 4 N–H and O–H groups in total. The molecule has 1 heterocycles. The van der Waals surface area contributed by atoms with Crippen molar-refractivity contribution in [1.82, 2.24) is 10.6 Å². The molecule has 0 saturated carbocycles. The summed E-state index contributed by atoms with van der Waals surface area (Å²) >= 11 is 0. The van der Waals surface area contributed by atoms with E-state index in [1.807, 2.05) is 6.92 Å². The van der Waals surface area contributed by atoms with E-state index >= 15 is 0 Å². The molecule has 94 valence electrons. The van der Waals surface area contributed by atoms with Crippen LogP contribution in [-0.2, 0) is 14.8 Å². The van der Waals surface area contributed by atoms with Crippen LogP contribution in [0.15, 0.2) is 0 Å². The molecule has 1 rings (SSSR count). The monoisotopic (exact) mass is 249 g/mol. The molecule has 0 aromatic rings. The second-order valence-corrected chi connectivity index (χ2v) is 6.07. The van der Waals surface area contributed by atoms with Gasteiger partial charge >= 0.3 is 0 Å². The van der Waals surface area contributed by atoms with Gasteiger partial charge in [-0.1, -0.05) is 0 Å². The normalized spacial score (nSPS) is 26.4. The second kappa shape index (κ2) is 5.11. The third-order valence-electron chi connectivity index (χ3n) is 2.79. The molecule has 0 bridgehead atoms. The van der Waals surface area contributed by atoms with Crippen molar-refractivity contribution in [3.05, 3.63) is 0 Å². The number of hydrogen-bond donors (Lipinski definition) is 3. The maximum atomic E-state index is 11.8. The van der Waals surface area contributed by atoms with Crippen molar-refractivity contribution in [3.63, 3.8) is 0 Å². The van der Waals surface area contributed by atoms with Crippen LogP contribution in [0, 0.1) is 0 Å². The van der Waals surface area contributed by atoms with Gasteiger partial charge in [0.25, 0.3) is 0 Å². The maximum Gasteiger partial charge on any atom is 0.240 e. The van der Waals surface area contributed by atoms with Crippen LogP contribution in [0.5, 0.6) is 0 Å². The van der Waals surface area contributed by atoms with E-state index in [1.165, 1.54) is 0 Å². The van der Waals surface area contributed by atoms with Crippen molar-refractivity contribution in [1.29, 1.82) is 0 Å². The van der Waals surface area contributed by atoms with Gasteiger partial charge in [-0.25, -0.2) is 13.6 Å². The number of piperidine rings is 1. The lowest BCUT2D eigenvalue weighted by molar-refractivity contribution is -0.127. The van der Waals surface area contributed by atoms with Crippen LogP contribution in [0.1, 0.15) is 26.2 Å². The summed E-state index contributed by atoms with van der Waals surface area (Å²) in [6, 6.07) is 0. The Labute approximate surface area is 96.0 Å². The molecule has 7 heteroatoms. The molecule has 1 atom stereocenters. The van der Waals surface area contributed by atoms with Crippen molar-refractivity contribution in [2.75, 3.05) is 18.8 Å². The Morgan fingerprint density at radius 2 is 2.19 bits per heavy atom. The van der Waals surface area contributed by atoms with E-state index < -0.39 is 15.6 Å². The average Bonchev–Trinajstić information content (AvgIpc) is 2.16. The lowest BCUT2D eigenvalue weighted by Crippen LogP contribution is -2.57. The third kappa shape index (κ3) is 4.07. The fourth-order valence-corrected chi connectivity index (χ4v) is 2.14. The molecule has 1 amide bonds. The average molecular weight is 249 g/mol. The van der Waals surface area contributed by atoms with Gasteiger partial charge in [-0.15, -0.1) is 0 Å². The fourth-order valence-electron chi connectivity index (χ4n) is 1.75. The van der Waals surface area contributed by atoms with Gasteiger partial charge in [0.05, 0.1) is 11.3 Å². The highest BCUT2D eigenvalue weighted by molar-refractivity contribution is 7.89. The Balaban J connectivity index is 2.39. The van der Waals surface area contributed by atoms with Gasteiger partial charge in [-0.2, -0.15) is 0 Å². The standard InChI is InChI=1S/C9H19N3O3S/c1-9(4-2-3-5-12-9)8(13)11-6-7-16(10,14)15/h12H,2-7H2,1H3,(H,11,13)(H2,10,14,15).